The summed E-state index contributed by atoms with van der Waals surface area (Å²) in [4.78, 5) is 0. The first-order valence-electron chi connectivity index (χ1n) is 17.4. The van der Waals surface area contributed by atoms with E-state index in [4.69, 9.17) is 23.2 Å². The van der Waals surface area contributed by atoms with E-state index < -0.39 is 0 Å². The minimum atomic E-state index is 0. The van der Waals surface area contributed by atoms with Gasteiger partial charge < -0.3 is 24.8 Å². The molecule has 0 saturated carbocycles. The molecule has 0 amide bonds. The number of fused-ring (bicyclic) bond motifs is 3. The van der Waals surface area contributed by atoms with Crippen LogP contribution in [-0.2, 0) is 53.3 Å². The zero-order valence-corrected chi connectivity index (χ0v) is 37.4. The van der Waals surface area contributed by atoms with Gasteiger partial charge in [0.05, 0.1) is 0 Å². The molecule has 270 valence electrons. The Kier molecular flexibility index (Phi) is 16.8. The van der Waals surface area contributed by atoms with Crippen molar-refractivity contribution in [3.05, 3.63) is 158 Å². The van der Waals surface area contributed by atoms with Crippen LogP contribution in [0.4, 0.5) is 0 Å². The quantitative estimate of drug-likeness (QED) is 0.162. The molecular formula is C46H52Cl4Zr-2. The maximum absolute atomic E-state index is 5.86. The van der Waals surface area contributed by atoms with Crippen LogP contribution >= 0.6 is 23.2 Å². The van der Waals surface area contributed by atoms with Gasteiger partial charge in [0.15, 0.2) is 0 Å². The predicted molar refractivity (Wildman–Crippen MR) is 212 cm³/mol. The molecule has 51 heavy (non-hydrogen) atoms. The molecule has 5 aromatic rings. The monoisotopic (exact) mass is 834 g/mol. The Hall–Kier alpha value is -1.86. The first kappa shape index (κ1) is 45.3. The van der Waals surface area contributed by atoms with Crippen LogP contribution in [0, 0.1) is 6.07 Å². The fourth-order valence-corrected chi connectivity index (χ4v) is 6.86. The fourth-order valence-electron chi connectivity index (χ4n) is 5.79. The first-order valence-corrected chi connectivity index (χ1v) is 19.4. The molecule has 0 radical (unpaired) electrons. The van der Waals surface area contributed by atoms with Crippen molar-refractivity contribution in [2.45, 2.75) is 105 Å². The van der Waals surface area contributed by atoms with E-state index in [-0.39, 0.29) is 35.6 Å². The Balaban J connectivity index is 0.000000270. The summed E-state index contributed by atoms with van der Waals surface area (Å²) in [5.41, 5.74) is 14.5. The van der Waals surface area contributed by atoms with Crippen molar-refractivity contribution in [1.29, 1.82) is 0 Å². The Labute approximate surface area is 346 Å². The third-order valence-corrected chi connectivity index (χ3v) is 10.9. The summed E-state index contributed by atoms with van der Waals surface area (Å²) in [7, 11) is 0. The molecule has 0 nitrogen and oxygen atoms in total. The third kappa shape index (κ3) is 12.6. The number of rotatable bonds is 4. The molecule has 5 heteroatoms. The Bertz CT molecular complexity index is 1750. The van der Waals surface area contributed by atoms with Crippen LogP contribution in [0.2, 0.25) is 10.0 Å². The van der Waals surface area contributed by atoms with Crippen LogP contribution < -0.4 is 24.8 Å². The molecule has 5 aromatic carbocycles. The molecule has 0 aliphatic heterocycles. The number of benzene rings is 4. The zero-order valence-electron chi connectivity index (χ0n) is 31.9. The van der Waals surface area contributed by atoms with Crippen LogP contribution in [0.1, 0.15) is 120 Å². The molecule has 0 spiro atoms. The van der Waals surface area contributed by atoms with Gasteiger partial charge in [-0.25, -0.2) is 6.07 Å². The van der Waals surface area contributed by atoms with Gasteiger partial charge in [0.2, 0.25) is 0 Å². The van der Waals surface area contributed by atoms with Crippen molar-refractivity contribution in [3.63, 3.8) is 0 Å². The zero-order chi connectivity index (χ0) is 36.1. The smallest absolute Gasteiger partial charge is 1.00 e. The predicted octanol–water partition coefficient (Wildman–Crippen LogP) is 7.43. The third-order valence-electron chi connectivity index (χ3n) is 9.01. The van der Waals surface area contributed by atoms with Crippen molar-refractivity contribution in [3.8, 4) is 11.1 Å². The van der Waals surface area contributed by atoms with E-state index in [0.29, 0.717) is 5.41 Å². The minimum Gasteiger partial charge on any atom is -1.00 e. The molecule has 1 aliphatic rings. The summed E-state index contributed by atoms with van der Waals surface area (Å²) in [5, 5.41) is 1.53. The fraction of sp³-hybridized carbons (Fsp3) is 0.348. The van der Waals surface area contributed by atoms with Gasteiger partial charge in [0.1, 0.15) is 0 Å². The minimum absolute atomic E-state index is 0. The number of hydrogen-bond acceptors (Lipinski definition) is 0. The van der Waals surface area contributed by atoms with E-state index in [1.54, 1.807) is 0 Å². The van der Waals surface area contributed by atoms with Gasteiger partial charge >= 0.3 is 120 Å². The van der Waals surface area contributed by atoms with Crippen LogP contribution in [0.25, 0.3) is 11.1 Å². The summed E-state index contributed by atoms with van der Waals surface area (Å²) in [6.07, 6.45) is 3.49. The number of aryl methyl sites for hydroxylation is 1. The average Bonchev–Trinajstić information content (AvgIpc) is 3.66. The topological polar surface area (TPSA) is 0 Å². The Morgan fingerprint density at radius 1 is 0.667 bits per heavy atom. The molecule has 1 aliphatic carbocycles. The standard InChI is InChI=1S/C21H25.C13H8Cl2.C12H19.2ClH.Zr/c1-20(2,3)16-9-7-14-11-15-8-10-17(21(4,5)6)13-19(15)18(14)12-16;14-12-5-1-10(2-6-12)9-11-3-7-13(15)8-4-11;1-5-6-10-7-8-11(9-10)12(2,3)4;;;/h7,9-10,12-13H,11H2,1-6H3;1-8H;7-9H,5-6H2,1-4H3;2*1H;/q-1;;-1;;;+2/p-2. The largest absolute Gasteiger partial charge is 1.00 e. The Morgan fingerprint density at radius 3 is 1.61 bits per heavy atom. The van der Waals surface area contributed by atoms with E-state index >= 15 is 0 Å². The van der Waals surface area contributed by atoms with Crippen LogP contribution in [0.3, 0.4) is 0 Å². The van der Waals surface area contributed by atoms with Crippen molar-refractivity contribution in [2.24, 2.45) is 0 Å². The molecule has 0 fully saturated rings. The molecule has 0 saturated heterocycles. The van der Waals surface area contributed by atoms with E-state index in [9.17, 15) is 0 Å². The number of hydrogen-bond donors (Lipinski definition) is 0. The SMILES string of the molecule is CC(C)(C)c1c[c-]c2c(c1)-c1cc(C(C)(C)C)ccc1C2.CCCc1cc(C(C)(C)C)c[cH-]1.Clc1ccc([C](=[Zr+2])c2ccc(Cl)cc2)cc1.[Cl-].[Cl-]. The summed E-state index contributed by atoms with van der Waals surface area (Å²) < 4.78 is 1.31. The van der Waals surface area contributed by atoms with Gasteiger partial charge in [-0.2, -0.15) is 52.6 Å². The molecule has 0 bridgehead atoms. The second-order valence-electron chi connectivity index (χ2n) is 16.2. The number of halogens is 4. The summed E-state index contributed by atoms with van der Waals surface area (Å²) in [6, 6.07) is 37.7. The van der Waals surface area contributed by atoms with Crippen molar-refractivity contribution in [2.75, 3.05) is 0 Å². The van der Waals surface area contributed by atoms with Gasteiger partial charge in [0, 0.05) is 0 Å². The second-order valence-corrected chi connectivity index (χ2v) is 18.3. The summed E-state index contributed by atoms with van der Waals surface area (Å²) >= 11 is 13.1. The van der Waals surface area contributed by atoms with E-state index in [0.717, 1.165) is 16.5 Å². The first-order chi connectivity index (χ1) is 22.9. The summed E-state index contributed by atoms with van der Waals surface area (Å²) in [5.74, 6) is 0. The van der Waals surface area contributed by atoms with Gasteiger partial charge in [-0.05, 0) is 17.4 Å². The normalized spacial score (nSPS) is 11.8. The van der Waals surface area contributed by atoms with Crippen LogP contribution in [0.15, 0.2) is 97.1 Å². The van der Waals surface area contributed by atoms with Crippen LogP contribution in [-0.4, -0.2) is 3.21 Å². The van der Waals surface area contributed by atoms with Crippen molar-refractivity contribution < 1.29 is 49.0 Å². The molecule has 0 heterocycles. The van der Waals surface area contributed by atoms with Crippen molar-refractivity contribution in [1.82, 2.24) is 0 Å². The van der Waals surface area contributed by atoms with Gasteiger partial charge in [-0.3, -0.25) is 0 Å². The van der Waals surface area contributed by atoms with Gasteiger partial charge in [-0.1, -0.05) is 122 Å². The van der Waals surface area contributed by atoms with Gasteiger partial charge in [0.25, 0.3) is 0 Å². The van der Waals surface area contributed by atoms with E-state index in [1.807, 2.05) is 48.5 Å². The molecule has 0 unspecified atom stereocenters. The maximum atomic E-state index is 5.86. The maximum Gasteiger partial charge on any atom is -1.00 e. The molecular weight excluding hydrogens is 786 g/mol. The second kappa shape index (κ2) is 18.9. The molecule has 0 aromatic heterocycles. The van der Waals surface area contributed by atoms with Crippen molar-refractivity contribution >= 4 is 26.4 Å². The van der Waals surface area contributed by atoms with E-state index in [1.165, 1.54) is 95.9 Å². The average molecular weight is 838 g/mol. The molecule has 6 rings (SSSR count). The molecule has 0 N–H and O–H groups in total. The summed E-state index contributed by atoms with van der Waals surface area (Å²) in [6.45, 7) is 22.7. The molecule has 0 atom stereocenters. The van der Waals surface area contributed by atoms with Crippen LogP contribution in [0.5, 0.6) is 0 Å². The Morgan fingerprint density at radius 2 is 1.16 bits per heavy atom. The van der Waals surface area contributed by atoms with E-state index in [2.05, 4.69) is 124 Å². The van der Waals surface area contributed by atoms with Gasteiger partial charge in [-0.15, -0.1) is 5.56 Å².